The van der Waals surface area contributed by atoms with E-state index in [0.717, 1.165) is 24.9 Å². The van der Waals surface area contributed by atoms with Crippen LogP contribution >= 0.6 is 0 Å². The first-order valence-electron chi connectivity index (χ1n) is 9.12. The van der Waals surface area contributed by atoms with Gasteiger partial charge < -0.3 is 20.7 Å². The summed E-state index contributed by atoms with van der Waals surface area (Å²) in [5.74, 6) is -0.727. The minimum Gasteiger partial charge on any atom is -0.394 e. The largest absolute Gasteiger partial charge is 0.394 e. The van der Waals surface area contributed by atoms with E-state index in [1.807, 2.05) is 38.1 Å². The van der Waals surface area contributed by atoms with Gasteiger partial charge in [-0.15, -0.1) is 0 Å². The fourth-order valence-electron chi connectivity index (χ4n) is 2.52. The van der Waals surface area contributed by atoms with Crippen molar-refractivity contribution in [2.45, 2.75) is 52.5 Å². The summed E-state index contributed by atoms with van der Waals surface area (Å²) in [6.45, 7) is 6.86. The number of primary amides is 1. The van der Waals surface area contributed by atoms with Crippen LogP contribution in [-0.4, -0.2) is 37.1 Å². The van der Waals surface area contributed by atoms with E-state index < -0.39 is 0 Å². The molecule has 1 amide bonds. The Morgan fingerprint density at radius 3 is 2.62 bits per heavy atom. The number of carbonyl (C=O) groups is 2. The molecule has 6 nitrogen and oxygen atoms in total. The molecule has 0 fully saturated rings. The van der Waals surface area contributed by atoms with Gasteiger partial charge in [0, 0.05) is 19.8 Å². The molecule has 2 atom stereocenters. The molecular formula is C20H33N3O3. The van der Waals surface area contributed by atoms with Crippen LogP contribution < -0.4 is 11.1 Å². The van der Waals surface area contributed by atoms with E-state index in [4.69, 9.17) is 10.6 Å². The summed E-state index contributed by atoms with van der Waals surface area (Å²) < 4.78 is 0. The summed E-state index contributed by atoms with van der Waals surface area (Å²) in [6, 6.07) is 8.23. The van der Waals surface area contributed by atoms with Crippen LogP contribution in [0.2, 0.25) is 0 Å². The molecule has 0 aliphatic carbocycles. The second kappa shape index (κ2) is 12.2. The van der Waals surface area contributed by atoms with E-state index in [1.54, 1.807) is 6.21 Å². The number of ketones is 1. The molecule has 146 valence electrons. The van der Waals surface area contributed by atoms with E-state index in [0.29, 0.717) is 13.0 Å². The fraction of sp³-hybridized carbons (Fsp3) is 0.550. The smallest absolute Gasteiger partial charge is 0.220 e. The van der Waals surface area contributed by atoms with Gasteiger partial charge >= 0.3 is 0 Å². The van der Waals surface area contributed by atoms with Gasteiger partial charge in [0.2, 0.25) is 5.91 Å². The van der Waals surface area contributed by atoms with Gasteiger partial charge in [-0.3, -0.25) is 4.79 Å². The van der Waals surface area contributed by atoms with Crippen molar-refractivity contribution in [1.29, 1.82) is 0 Å². The fourth-order valence-corrected chi connectivity index (χ4v) is 2.52. The van der Waals surface area contributed by atoms with E-state index in [-0.39, 0.29) is 31.5 Å². The Hall–Kier alpha value is -2.21. The van der Waals surface area contributed by atoms with Crippen molar-refractivity contribution < 1.29 is 15.9 Å². The van der Waals surface area contributed by atoms with Gasteiger partial charge in [0.25, 0.3) is 0 Å². The Morgan fingerprint density at radius 1 is 1.31 bits per heavy atom. The molecule has 26 heavy (non-hydrogen) atoms. The highest BCUT2D eigenvalue weighted by atomic mass is 16.6. The highest BCUT2D eigenvalue weighted by Gasteiger charge is 2.16. The SMILES string of the molecule is CC(=O)CC(CCCCNC(C)CO/N=C/c1ccc(C)cc1)C(N)=O.[HH]. The average molecular weight is 364 g/mol. The van der Waals surface area contributed by atoms with Crippen LogP contribution in [0.25, 0.3) is 0 Å². The zero-order chi connectivity index (χ0) is 19.4. The number of aryl methyl sites for hydroxylation is 1. The lowest BCUT2D eigenvalue weighted by Gasteiger charge is -2.14. The van der Waals surface area contributed by atoms with Crippen LogP contribution in [0.4, 0.5) is 0 Å². The van der Waals surface area contributed by atoms with Gasteiger partial charge in [-0.25, -0.2) is 0 Å². The Labute approximate surface area is 157 Å². The molecule has 2 unspecified atom stereocenters. The number of hydrogen-bond donors (Lipinski definition) is 2. The number of nitrogens with one attached hydrogen (secondary N) is 1. The molecule has 3 N–H and O–H groups in total. The topological polar surface area (TPSA) is 93.8 Å². The Bertz CT molecular complexity index is 591. The van der Waals surface area contributed by atoms with Crippen molar-refractivity contribution in [2.75, 3.05) is 13.2 Å². The molecule has 0 radical (unpaired) electrons. The lowest BCUT2D eigenvalue weighted by molar-refractivity contribution is -0.126. The first-order valence-corrected chi connectivity index (χ1v) is 9.12. The molecule has 6 heteroatoms. The van der Waals surface area contributed by atoms with Gasteiger partial charge in [-0.05, 0) is 45.7 Å². The quantitative estimate of drug-likeness (QED) is 0.320. The molecule has 1 aromatic carbocycles. The van der Waals surface area contributed by atoms with Crippen molar-refractivity contribution in [3.8, 4) is 0 Å². The van der Waals surface area contributed by atoms with Gasteiger partial charge in [0.15, 0.2) is 0 Å². The number of Topliss-reactive ketones (excluding diaryl/α,β-unsaturated/α-hetero) is 1. The van der Waals surface area contributed by atoms with E-state index >= 15 is 0 Å². The zero-order valence-electron chi connectivity index (χ0n) is 16.0. The molecule has 0 heterocycles. The summed E-state index contributed by atoms with van der Waals surface area (Å²) in [4.78, 5) is 27.7. The summed E-state index contributed by atoms with van der Waals surface area (Å²) >= 11 is 0. The number of unbranched alkanes of at least 4 members (excludes halogenated alkanes) is 1. The summed E-state index contributed by atoms with van der Waals surface area (Å²) in [5.41, 5.74) is 7.55. The van der Waals surface area contributed by atoms with Crippen molar-refractivity contribution in [3.05, 3.63) is 35.4 Å². The molecule has 0 aliphatic heterocycles. The third kappa shape index (κ3) is 9.93. The van der Waals surface area contributed by atoms with Gasteiger partial charge in [0.1, 0.15) is 12.4 Å². The van der Waals surface area contributed by atoms with Crippen LogP contribution in [0.5, 0.6) is 0 Å². The minimum atomic E-state index is -0.388. The number of benzene rings is 1. The van der Waals surface area contributed by atoms with Gasteiger partial charge in [-0.2, -0.15) is 0 Å². The molecule has 1 aromatic rings. The number of rotatable bonds is 13. The van der Waals surface area contributed by atoms with Crippen LogP contribution in [0.1, 0.15) is 52.1 Å². The normalized spacial score (nSPS) is 13.5. The number of carbonyl (C=O) groups excluding carboxylic acids is 2. The summed E-state index contributed by atoms with van der Waals surface area (Å²) in [7, 11) is 0. The molecule has 0 spiro atoms. The maximum Gasteiger partial charge on any atom is 0.220 e. The Balaban J connectivity index is 0.00000676. The monoisotopic (exact) mass is 363 g/mol. The van der Waals surface area contributed by atoms with Gasteiger partial charge in [0.05, 0.1) is 6.21 Å². The van der Waals surface area contributed by atoms with E-state index in [1.165, 1.54) is 12.5 Å². The zero-order valence-corrected chi connectivity index (χ0v) is 16.0. The minimum absolute atomic E-state index is 0. The molecular weight excluding hydrogens is 330 g/mol. The van der Waals surface area contributed by atoms with Crippen molar-refractivity contribution >= 4 is 17.9 Å². The number of oxime groups is 1. The third-order valence-electron chi connectivity index (χ3n) is 4.09. The predicted molar refractivity (Wildman–Crippen MR) is 106 cm³/mol. The highest BCUT2D eigenvalue weighted by Crippen LogP contribution is 2.12. The first-order chi connectivity index (χ1) is 12.4. The van der Waals surface area contributed by atoms with Crippen LogP contribution in [0, 0.1) is 12.8 Å². The number of nitrogens with two attached hydrogens (primary N) is 1. The van der Waals surface area contributed by atoms with Gasteiger partial charge in [-0.1, -0.05) is 41.4 Å². The third-order valence-corrected chi connectivity index (χ3v) is 4.09. The summed E-state index contributed by atoms with van der Waals surface area (Å²) in [5, 5.41) is 7.33. The standard InChI is InChI=1S/C20H31N3O3.H2/c1-15-7-9-18(10-8-15)13-23-26-14-16(2)22-11-5-4-6-19(20(21)25)12-17(3)24;/h7-10,13,16,19,22H,4-6,11-12,14H2,1-3H3,(H2,21,25);1H/b23-13+;. The van der Waals surface area contributed by atoms with Crippen LogP contribution in [0.15, 0.2) is 29.4 Å². The molecule has 0 aliphatic rings. The molecule has 1 rings (SSSR count). The lowest BCUT2D eigenvalue weighted by Crippen LogP contribution is -2.31. The number of nitrogens with zero attached hydrogens (tertiary/aromatic N) is 1. The molecule has 0 aromatic heterocycles. The first kappa shape index (κ1) is 21.8. The summed E-state index contributed by atoms with van der Waals surface area (Å²) in [6.07, 6.45) is 4.37. The molecule has 0 saturated carbocycles. The van der Waals surface area contributed by atoms with E-state index in [2.05, 4.69) is 10.5 Å². The predicted octanol–water partition coefficient (Wildman–Crippen LogP) is 2.82. The average Bonchev–Trinajstić information content (AvgIpc) is 2.58. The van der Waals surface area contributed by atoms with E-state index in [9.17, 15) is 9.59 Å². The maximum absolute atomic E-state index is 11.3. The Kier molecular flexibility index (Phi) is 10.2. The molecule has 0 saturated heterocycles. The van der Waals surface area contributed by atoms with Crippen molar-refractivity contribution in [2.24, 2.45) is 16.8 Å². The van der Waals surface area contributed by atoms with Crippen LogP contribution in [0.3, 0.4) is 0 Å². The number of hydrogen-bond acceptors (Lipinski definition) is 5. The Morgan fingerprint density at radius 2 is 2.00 bits per heavy atom. The van der Waals surface area contributed by atoms with Crippen LogP contribution in [-0.2, 0) is 14.4 Å². The lowest BCUT2D eigenvalue weighted by atomic mass is 9.96. The maximum atomic E-state index is 11.3. The second-order valence-electron chi connectivity index (χ2n) is 6.80. The van der Waals surface area contributed by atoms with Crippen molar-refractivity contribution in [1.82, 2.24) is 5.32 Å². The highest BCUT2D eigenvalue weighted by molar-refractivity contribution is 5.84. The second-order valence-corrected chi connectivity index (χ2v) is 6.80. The molecule has 0 bridgehead atoms. The van der Waals surface area contributed by atoms with Crippen molar-refractivity contribution in [3.63, 3.8) is 0 Å². The number of amides is 1.